The summed E-state index contributed by atoms with van der Waals surface area (Å²) in [4.78, 5) is 4.01. The number of hydrogen-bond donors (Lipinski definition) is 1. The molecule has 0 amide bonds. The van der Waals surface area contributed by atoms with Crippen LogP contribution >= 0.6 is 24.0 Å². The lowest BCUT2D eigenvalue weighted by Crippen LogP contribution is -2.16. The maximum atomic E-state index is 6.07. The van der Waals surface area contributed by atoms with E-state index >= 15 is 0 Å². The number of halogens is 2. The first-order valence-electron chi connectivity index (χ1n) is 5.76. The van der Waals surface area contributed by atoms with E-state index in [9.17, 15) is 0 Å². The Morgan fingerprint density at radius 1 is 1.28 bits per heavy atom. The summed E-state index contributed by atoms with van der Waals surface area (Å²) in [5.41, 5.74) is 1.15. The number of imidazole rings is 1. The third-order valence-corrected chi connectivity index (χ3v) is 2.97. The highest BCUT2D eigenvalue weighted by Crippen LogP contribution is 2.14. The van der Waals surface area contributed by atoms with E-state index < -0.39 is 0 Å². The van der Waals surface area contributed by atoms with Crippen molar-refractivity contribution in [2.45, 2.75) is 19.5 Å². The van der Waals surface area contributed by atoms with Crippen LogP contribution in [0.15, 0.2) is 43.0 Å². The molecule has 0 atom stereocenters. The molecule has 0 bridgehead atoms. The molecular formula is C13H17Cl2N3. The van der Waals surface area contributed by atoms with Crippen LogP contribution in [0.3, 0.4) is 0 Å². The van der Waals surface area contributed by atoms with Crippen molar-refractivity contribution < 1.29 is 0 Å². The van der Waals surface area contributed by atoms with Crippen LogP contribution in [0.4, 0.5) is 0 Å². The molecule has 5 heteroatoms. The minimum Gasteiger partial charge on any atom is -0.337 e. The fraction of sp³-hybridized carbons (Fsp3) is 0.308. The molecule has 0 spiro atoms. The van der Waals surface area contributed by atoms with E-state index in [-0.39, 0.29) is 12.4 Å². The molecule has 2 aromatic rings. The molecule has 0 aliphatic rings. The van der Waals surface area contributed by atoms with Crippen LogP contribution in [-0.2, 0) is 13.1 Å². The Bertz CT molecular complexity index is 443. The first-order valence-corrected chi connectivity index (χ1v) is 6.14. The molecule has 1 heterocycles. The second kappa shape index (κ2) is 8.14. The molecule has 1 N–H and O–H groups in total. The molecule has 0 saturated heterocycles. The summed E-state index contributed by atoms with van der Waals surface area (Å²) in [6, 6.07) is 7.93. The fourth-order valence-corrected chi connectivity index (χ4v) is 1.87. The summed E-state index contributed by atoms with van der Waals surface area (Å²) in [5, 5.41) is 4.22. The van der Waals surface area contributed by atoms with Crippen molar-refractivity contribution in [1.29, 1.82) is 0 Å². The van der Waals surface area contributed by atoms with E-state index in [1.54, 1.807) is 6.20 Å². The van der Waals surface area contributed by atoms with Crippen molar-refractivity contribution in [3.63, 3.8) is 0 Å². The van der Waals surface area contributed by atoms with Crippen molar-refractivity contribution in [2.24, 2.45) is 0 Å². The Labute approximate surface area is 119 Å². The van der Waals surface area contributed by atoms with E-state index in [1.807, 2.05) is 36.8 Å². The van der Waals surface area contributed by atoms with Crippen LogP contribution in [-0.4, -0.2) is 16.1 Å². The first-order chi connectivity index (χ1) is 8.36. The monoisotopic (exact) mass is 285 g/mol. The number of hydrogen-bond acceptors (Lipinski definition) is 2. The van der Waals surface area contributed by atoms with Gasteiger partial charge in [-0.25, -0.2) is 4.98 Å². The number of rotatable bonds is 6. The Kier molecular flexibility index (Phi) is 6.80. The molecule has 3 nitrogen and oxygen atoms in total. The molecule has 0 aliphatic carbocycles. The van der Waals surface area contributed by atoms with Crippen molar-refractivity contribution in [3.05, 3.63) is 53.6 Å². The largest absolute Gasteiger partial charge is 0.337 e. The molecule has 0 saturated carbocycles. The highest BCUT2D eigenvalue weighted by atomic mass is 35.5. The normalized spacial score (nSPS) is 10.1. The first kappa shape index (κ1) is 15.0. The lowest BCUT2D eigenvalue weighted by Gasteiger charge is -2.06. The van der Waals surface area contributed by atoms with Gasteiger partial charge in [0.15, 0.2) is 0 Å². The highest BCUT2D eigenvalue weighted by Gasteiger charge is 1.97. The topological polar surface area (TPSA) is 29.9 Å². The van der Waals surface area contributed by atoms with Gasteiger partial charge in [-0.2, -0.15) is 0 Å². The fourth-order valence-electron chi connectivity index (χ4n) is 1.67. The van der Waals surface area contributed by atoms with E-state index in [1.165, 1.54) is 0 Å². The van der Waals surface area contributed by atoms with Gasteiger partial charge in [0, 0.05) is 30.5 Å². The van der Waals surface area contributed by atoms with Crippen LogP contribution in [0.5, 0.6) is 0 Å². The Balaban J connectivity index is 0.00000162. The lowest BCUT2D eigenvalue weighted by atomic mass is 10.2. The van der Waals surface area contributed by atoms with Crippen LogP contribution in [0.25, 0.3) is 0 Å². The predicted octanol–water partition coefficient (Wildman–Crippen LogP) is 3.14. The van der Waals surface area contributed by atoms with Gasteiger partial charge in [-0.3, -0.25) is 0 Å². The molecular weight excluding hydrogens is 269 g/mol. The van der Waals surface area contributed by atoms with Gasteiger partial charge in [0.25, 0.3) is 0 Å². The van der Waals surface area contributed by atoms with Crippen LogP contribution in [0.2, 0.25) is 5.02 Å². The van der Waals surface area contributed by atoms with Gasteiger partial charge in [-0.1, -0.05) is 29.8 Å². The summed E-state index contributed by atoms with van der Waals surface area (Å²) in [6.07, 6.45) is 6.71. The number of nitrogens with one attached hydrogen (secondary N) is 1. The SMILES string of the molecule is Cl.Clc1ccccc1CNCCCn1ccnc1. The average Bonchev–Trinajstić information content (AvgIpc) is 2.84. The predicted molar refractivity (Wildman–Crippen MR) is 77.3 cm³/mol. The van der Waals surface area contributed by atoms with Gasteiger partial charge in [0.1, 0.15) is 0 Å². The zero-order valence-electron chi connectivity index (χ0n) is 10.1. The zero-order chi connectivity index (χ0) is 11.9. The van der Waals surface area contributed by atoms with Crippen molar-refractivity contribution in [1.82, 2.24) is 14.9 Å². The van der Waals surface area contributed by atoms with Gasteiger partial charge in [0.05, 0.1) is 6.33 Å². The summed E-state index contributed by atoms with van der Waals surface area (Å²) >= 11 is 6.07. The summed E-state index contributed by atoms with van der Waals surface area (Å²) in [6.45, 7) is 2.79. The molecule has 0 aliphatic heterocycles. The smallest absolute Gasteiger partial charge is 0.0945 e. The Morgan fingerprint density at radius 3 is 2.83 bits per heavy atom. The van der Waals surface area contributed by atoms with Gasteiger partial charge in [-0.15, -0.1) is 12.4 Å². The van der Waals surface area contributed by atoms with Gasteiger partial charge in [0.2, 0.25) is 0 Å². The van der Waals surface area contributed by atoms with Gasteiger partial charge in [-0.05, 0) is 24.6 Å². The third kappa shape index (κ3) is 4.69. The average molecular weight is 286 g/mol. The number of aromatic nitrogens is 2. The van der Waals surface area contributed by atoms with Crippen molar-refractivity contribution in [3.8, 4) is 0 Å². The quantitative estimate of drug-likeness (QED) is 0.827. The molecule has 1 aromatic heterocycles. The molecule has 98 valence electrons. The Hall–Kier alpha value is -1.03. The molecule has 18 heavy (non-hydrogen) atoms. The minimum atomic E-state index is 0. The number of aryl methyl sites for hydroxylation is 1. The van der Waals surface area contributed by atoms with E-state index in [0.29, 0.717) is 0 Å². The number of benzene rings is 1. The maximum absolute atomic E-state index is 6.07. The van der Waals surface area contributed by atoms with Crippen molar-refractivity contribution >= 4 is 24.0 Å². The highest BCUT2D eigenvalue weighted by molar-refractivity contribution is 6.31. The second-order valence-electron chi connectivity index (χ2n) is 3.92. The van der Waals surface area contributed by atoms with Crippen molar-refractivity contribution in [2.75, 3.05) is 6.54 Å². The van der Waals surface area contributed by atoms with E-state index in [4.69, 9.17) is 11.6 Å². The van der Waals surface area contributed by atoms with Gasteiger partial charge >= 0.3 is 0 Å². The molecule has 0 radical (unpaired) electrons. The molecule has 1 aromatic carbocycles. The summed E-state index contributed by atoms with van der Waals surface area (Å²) < 4.78 is 2.08. The zero-order valence-corrected chi connectivity index (χ0v) is 11.6. The molecule has 0 unspecified atom stereocenters. The lowest BCUT2D eigenvalue weighted by molar-refractivity contribution is 0.581. The van der Waals surface area contributed by atoms with E-state index in [2.05, 4.69) is 14.9 Å². The van der Waals surface area contributed by atoms with Crippen LogP contribution < -0.4 is 5.32 Å². The van der Waals surface area contributed by atoms with Crippen LogP contribution in [0.1, 0.15) is 12.0 Å². The second-order valence-corrected chi connectivity index (χ2v) is 4.33. The number of nitrogens with zero attached hydrogens (tertiary/aromatic N) is 2. The van der Waals surface area contributed by atoms with E-state index in [0.717, 1.165) is 36.6 Å². The standard InChI is InChI=1S/C13H16ClN3.ClH/c14-13-5-2-1-4-12(13)10-15-6-3-8-17-9-7-16-11-17;/h1-2,4-5,7,9,11,15H,3,6,8,10H2;1H. The maximum Gasteiger partial charge on any atom is 0.0945 e. The Morgan fingerprint density at radius 2 is 2.11 bits per heavy atom. The minimum absolute atomic E-state index is 0. The summed E-state index contributed by atoms with van der Waals surface area (Å²) in [7, 11) is 0. The third-order valence-electron chi connectivity index (χ3n) is 2.60. The van der Waals surface area contributed by atoms with Gasteiger partial charge < -0.3 is 9.88 Å². The van der Waals surface area contributed by atoms with Crippen LogP contribution in [0, 0.1) is 0 Å². The summed E-state index contributed by atoms with van der Waals surface area (Å²) in [5.74, 6) is 0. The molecule has 2 rings (SSSR count). The molecule has 0 fully saturated rings.